The molecule has 0 amide bonds. The van der Waals surface area contributed by atoms with Gasteiger partial charge >= 0.3 is 5.97 Å². The van der Waals surface area contributed by atoms with Crippen LogP contribution in [0.25, 0.3) is 0 Å². The smallest absolute Gasteiger partial charge is 0.321 e. The molecule has 2 unspecified atom stereocenters. The predicted molar refractivity (Wildman–Crippen MR) is 55.8 cm³/mol. The Hall–Kier alpha value is -0.610. The number of hydrogen-bond donors (Lipinski definition) is 1. The molecule has 4 nitrogen and oxygen atoms in total. The summed E-state index contributed by atoms with van der Waals surface area (Å²) in [4.78, 5) is 13.3. The van der Waals surface area contributed by atoms with Crippen LogP contribution in [0.15, 0.2) is 0 Å². The third-order valence-electron chi connectivity index (χ3n) is 3.34. The van der Waals surface area contributed by atoms with Crippen molar-refractivity contribution in [2.24, 2.45) is 5.92 Å². The Kier molecular flexibility index (Phi) is 3.26. The highest BCUT2D eigenvalue weighted by atomic mass is 16.5. The van der Waals surface area contributed by atoms with Crippen molar-refractivity contribution in [3.05, 3.63) is 0 Å². The highest BCUT2D eigenvalue weighted by Crippen LogP contribution is 2.36. The minimum Gasteiger partial charge on any atom is -0.480 e. The normalized spacial score (nSPS) is 30.1. The molecule has 4 heteroatoms. The quantitative estimate of drug-likeness (QED) is 0.755. The predicted octanol–water partition coefficient (Wildman–Crippen LogP) is 0.960. The van der Waals surface area contributed by atoms with Crippen LogP contribution in [0, 0.1) is 5.92 Å². The van der Waals surface area contributed by atoms with E-state index in [9.17, 15) is 9.90 Å². The van der Waals surface area contributed by atoms with Gasteiger partial charge in [0.25, 0.3) is 0 Å². The standard InChI is InChI=1S/C11H19NO3/c1-2-9-7-12(5-6-15-9)10(11(13)14)8-3-4-8/h8-10H,2-7H2,1H3,(H,13,14). The average Bonchev–Trinajstić information content (AvgIpc) is 3.02. The summed E-state index contributed by atoms with van der Waals surface area (Å²) in [5.41, 5.74) is 0. The minimum atomic E-state index is -0.658. The van der Waals surface area contributed by atoms with Crippen LogP contribution in [0.3, 0.4) is 0 Å². The molecule has 1 saturated carbocycles. The van der Waals surface area contributed by atoms with Gasteiger partial charge in [0.2, 0.25) is 0 Å². The van der Waals surface area contributed by atoms with Crippen LogP contribution < -0.4 is 0 Å². The maximum absolute atomic E-state index is 11.2. The van der Waals surface area contributed by atoms with E-state index in [4.69, 9.17) is 4.74 Å². The van der Waals surface area contributed by atoms with Crippen LogP contribution in [0.4, 0.5) is 0 Å². The van der Waals surface area contributed by atoms with E-state index in [0.717, 1.165) is 32.4 Å². The van der Waals surface area contributed by atoms with Crippen LogP contribution in [-0.4, -0.2) is 47.8 Å². The van der Waals surface area contributed by atoms with Gasteiger partial charge in [-0.3, -0.25) is 9.69 Å². The lowest BCUT2D eigenvalue weighted by Gasteiger charge is -2.36. The number of aliphatic carboxylic acids is 1. The Balaban J connectivity index is 1.97. The van der Waals surface area contributed by atoms with Crippen molar-refractivity contribution in [3.63, 3.8) is 0 Å². The molecule has 2 fully saturated rings. The molecule has 0 aromatic heterocycles. The lowest BCUT2D eigenvalue weighted by atomic mass is 10.1. The minimum absolute atomic E-state index is 0.222. The van der Waals surface area contributed by atoms with Crippen LogP contribution in [0.5, 0.6) is 0 Å². The van der Waals surface area contributed by atoms with Crippen molar-refractivity contribution >= 4 is 5.97 Å². The summed E-state index contributed by atoms with van der Waals surface area (Å²) in [6.07, 6.45) is 3.34. The number of hydrogen-bond acceptors (Lipinski definition) is 3. The summed E-state index contributed by atoms with van der Waals surface area (Å²) < 4.78 is 5.55. The number of nitrogens with zero attached hydrogens (tertiary/aromatic N) is 1. The second kappa shape index (κ2) is 4.49. The number of carboxylic acid groups (broad SMARTS) is 1. The molecule has 86 valence electrons. The Morgan fingerprint density at radius 3 is 2.87 bits per heavy atom. The van der Waals surface area contributed by atoms with Gasteiger partial charge < -0.3 is 9.84 Å². The molecule has 15 heavy (non-hydrogen) atoms. The summed E-state index contributed by atoms with van der Waals surface area (Å²) in [6.45, 7) is 4.31. The van der Waals surface area contributed by atoms with Crippen LogP contribution in [-0.2, 0) is 9.53 Å². The monoisotopic (exact) mass is 213 g/mol. The molecular formula is C11H19NO3. The van der Waals surface area contributed by atoms with Gasteiger partial charge in [-0.1, -0.05) is 6.92 Å². The van der Waals surface area contributed by atoms with Crippen molar-refractivity contribution in [1.29, 1.82) is 0 Å². The first-order valence-corrected chi connectivity index (χ1v) is 5.80. The largest absolute Gasteiger partial charge is 0.480 e. The van der Waals surface area contributed by atoms with E-state index in [-0.39, 0.29) is 12.1 Å². The molecule has 0 radical (unpaired) electrons. The number of ether oxygens (including phenoxy) is 1. The van der Waals surface area contributed by atoms with E-state index < -0.39 is 5.97 Å². The zero-order valence-electron chi connectivity index (χ0n) is 9.19. The van der Waals surface area contributed by atoms with Gasteiger partial charge in [0.1, 0.15) is 6.04 Å². The molecule has 2 rings (SSSR count). The zero-order valence-corrected chi connectivity index (χ0v) is 9.19. The van der Waals surface area contributed by atoms with E-state index in [2.05, 4.69) is 11.8 Å². The van der Waals surface area contributed by atoms with Gasteiger partial charge in [0, 0.05) is 13.1 Å². The van der Waals surface area contributed by atoms with Crippen molar-refractivity contribution in [2.45, 2.75) is 38.3 Å². The van der Waals surface area contributed by atoms with E-state index in [0.29, 0.717) is 12.5 Å². The Labute approximate surface area is 90.2 Å². The summed E-state index contributed by atoms with van der Waals surface area (Å²) in [5.74, 6) is -0.271. The van der Waals surface area contributed by atoms with Gasteiger partial charge in [-0.2, -0.15) is 0 Å². The Morgan fingerprint density at radius 1 is 1.60 bits per heavy atom. The Morgan fingerprint density at radius 2 is 2.33 bits per heavy atom. The van der Waals surface area contributed by atoms with Crippen molar-refractivity contribution < 1.29 is 14.6 Å². The molecule has 0 aromatic rings. The Bertz CT molecular complexity index is 240. The van der Waals surface area contributed by atoms with E-state index in [1.165, 1.54) is 0 Å². The molecule has 1 N–H and O–H groups in total. The topological polar surface area (TPSA) is 49.8 Å². The van der Waals surface area contributed by atoms with Gasteiger partial charge in [0.05, 0.1) is 12.7 Å². The van der Waals surface area contributed by atoms with Gasteiger partial charge in [0.15, 0.2) is 0 Å². The second-order valence-electron chi connectivity index (χ2n) is 4.52. The first-order valence-electron chi connectivity index (χ1n) is 5.80. The summed E-state index contributed by atoms with van der Waals surface area (Å²) in [6, 6.07) is -0.261. The zero-order chi connectivity index (χ0) is 10.8. The van der Waals surface area contributed by atoms with E-state index in [1.807, 2.05) is 0 Å². The third kappa shape index (κ3) is 2.49. The lowest BCUT2D eigenvalue weighted by molar-refractivity contribution is -0.147. The molecule has 0 aromatic carbocycles. The van der Waals surface area contributed by atoms with E-state index in [1.54, 1.807) is 0 Å². The lowest BCUT2D eigenvalue weighted by Crippen LogP contribution is -2.51. The molecule has 1 aliphatic carbocycles. The fourth-order valence-electron chi connectivity index (χ4n) is 2.31. The molecule has 1 aliphatic heterocycles. The maximum atomic E-state index is 11.2. The number of carboxylic acids is 1. The van der Waals surface area contributed by atoms with E-state index >= 15 is 0 Å². The number of carbonyl (C=O) groups is 1. The molecular weight excluding hydrogens is 194 g/mol. The summed E-state index contributed by atoms with van der Waals surface area (Å²) in [5, 5.41) is 9.21. The fraction of sp³-hybridized carbons (Fsp3) is 0.909. The molecule has 0 spiro atoms. The molecule has 1 heterocycles. The molecule has 2 aliphatic rings. The van der Waals surface area contributed by atoms with Crippen molar-refractivity contribution in [2.75, 3.05) is 19.7 Å². The second-order valence-corrected chi connectivity index (χ2v) is 4.52. The molecule has 1 saturated heterocycles. The summed E-state index contributed by atoms with van der Waals surface area (Å²) >= 11 is 0. The molecule has 2 atom stereocenters. The van der Waals surface area contributed by atoms with Crippen molar-refractivity contribution in [1.82, 2.24) is 4.90 Å². The van der Waals surface area contributed by atoms with Gasteiger partial charge in [-0.25, -0.2) is 0 Å². The first kappa shape index (κ1) is 10.9. The SMILES string of the molecule is CCC1CN(C(C(=O)O)C2CC2)CCO1. The third-order valence-corrected chi connectivity index (χ3v) is 3.34. The van der Waals surface area contributed by atoms with Crippen LogP contribution in [0.1, 0.15) is 26.2 Å². The summed E-state index contributed by atoms with van der Waals surface area (Å²) in [7, 11) is 0. The van der Waals surface area contributed by atoms with Crippen LogP contribution in [0.2, 0.25) is 0 Å². The highest BCUT2D eigenvalue weighted by Gasteiger charge is 2.41. The van der Waals surface area contributed by atoms with Gasteiger partial charge in [-0.15, -0.1) is 0 Å². The maximum Gasteiger partial charge on any atom is 0.321 e. The van der Waals surface area contributed by atoms with Crippen molar-refractivity contribution in [3.8, 4) is 0 Å². The fourth-order valence-corrected chi connectivity index (χ4v) is 2.31. The average molecular weight is 213 g/mol. The highest BCUT2D eigenvalue weighted by molar-refractivity contribution is 5.74. The number of rotatable bonds is 4. The van der Waals surface area contributed by atoms with Crippen LogP contribution >= 0.6 is 0 Å². The van der Waals surface area contributed by atoms with Gasteiger partial charge in [-0.05, 0) is 25.2 Å². The molecule has 0 bridgehead atoms. The number of morpholine rings is 1. The first-order chi connectivity index (χ1) is 7.22.